The first kappa shape index (κ1) is 35.5. The highest BCUT2D eigenvalue weighted by molar-refractivity contribution is 5.94. The van der Waals surface area contributed by atoms with Crippen molar-refractivity contribution in [2.75, 3.05) is 61.6 Å². The summed E-state index contributed by atoms with van der Waals surface area (Å²) in [6.07, 6.45) is 5.04. The van der Waals surface area contributed by atoms with E-state index in [4.69, 9.17) is 15.0 Å². The molecule has 3 fully saturated rings. The van der Waals surface area contributed by atoms with Crippen LogP contribution in [0.2, 0.25) is 0 Å². The summed E-state index contributed by atoms with van der Waals surface area (Å²) in [5.41, 5.74) is 2.72. The van der Waals surface area contributed by atoms with Crippen LogP contribution in [0.5, 0.6) is 0 Å². The van der Waals surface area contributed by atoms with Crippen LogP contribution in [0.15, 0.2) is 48.8 Å². The van der Waals surface area contributed by atoms with Gasteiger partial charge in [0, 0.05) is 88.3 Å². The summed E-state index contributed by atoms with van der Waals surface area (Å²) in [5.74, 6) is -0.197. The number of aromatic nitrogens is 8. The molecular formula is C39H39F4N13O. The van der Waals surface area contributed by atoms with E-state index in [1.807, 2.05) is 16.4 Å². The van der Waals surface area contributed by atoms with E-state index in [1.165, 1.54) is 22.9 Å². The van der Waals surface area contributed by atoms with E-state index >= 15 is 8.78 Å². The van der Waals surface area contributed by atoms with Crippen molar-refractivity contribution >= 4 is 45.7 Å². The lowest BCUT2D eigenvalue weighted by Gasteiger charge is -2.56. The summed E-state index contributed by atoms with van der Waals surface area (Å²) >= 11 is 0. The van der Waals surface area contributed by atoms with Gasteiger partial charge in [0.15, 0.2) is 11.5 Å². The first-order chi connectivity index (χ1) is 27.6. The topological polar surface area (TPSA) is 129 Å². The van der Waals surface area contributed by atoms with Gasteiger partial charge in [-0.1, -0.05) is 0 Å². The maximum absolute atomic E-state index is 15.3. The van der Waals surface area contributed by atoms with Gasteiger partial charge in [0.1, 0.15) is 41.7 Å². The second kappa shape index (κ2) is 13.6. The number of rotatable bonds is 5. The molecule has 2 aromatic carbocycles. The van der Waals surface area contributed by atoms with Crippen molar-refractivity contribution in [2.24, 2.45) is 0 Å². The van der Waals surface area contributed by atoms with Gasteiger partial charge in [-0.3, -0.25) is 9.69 Å². The van der Waals surface area contributed by atoms with Gasteiger partial charge in [0.05, 0.1) is 28.3 Å². The van der Waals surface area contributed by atoms with Gasteiger partial charge in [0.25, 0.3) is 0 Å². The van der Waals surface area contributed by atoms with E-state index in [1.54, 1.807) is 30.4 Å². The molecule has 4 aromatic heterocycles. The van der Waals surface area contributed by atoms with Crippen molar-refractivity contribution < 1.29 is 22.4 Å². The Morgan fingerprint density at radius 2 is 1.77 bits per heavy atom. The van der Waals surface area contributed by atoms with E-state index in [2.05, 4.69) is 30.2 Å². The Hall–Kier alpha value is -5.91. The zero-order valence-corrected chi connectivity index (χ0v) is 31.3. The number of piperidine rings is 1. The minimum atomic E-state index is -0.808. The third-order valence-electron chi connectivity index (χ3n) is 11.8. The van der Waals surface area contributed by atoms with E-state index in [0.29, 0.717) is 97.6 Å². The number of carbonyl (C=O) groups excluding carboxylic acids is 1. The number of nitrogens with one attached hydrogen (secondary N) is 1. The first-order valence-electron chi connectivity index (χ1n) is 19.2. The Kier molecular flexibility index (Phi) is 8.49. The summed E-state index contributed by atoms with van der Waals surface area (Å²) in [5, 5.41) is 8.46. The second-order valence-corrected chi connectivity index (χ2v) is 15.4. The lowest BCUT2D eigenvalue weighted by molar-refractivity contribution is -0.131. The fourth-order valence-electron chi connectivity index (χ4n) is 9.19. The zero-order valence-electron chi connectivity index (χ0n) is 31.3. The molecule has 1 N–H and O–H groups in total. The zero-order chi connectivity index (χ0) is 39.1. The molecule has 8 heterocycles. The van der Waals surface area contributed by atoms with E-state index in [-0.39, 0.29) is 29.7 Å². The van der Waals surface area contributed by atoms with Crippen molar-refractivity contribution in [1.29, 1.82) is 0 Å². The third-order valence-corrected chi connectivity index (χ3v) is 11.8. The van der Waals surface area contributed by atoms with Gasteiger partial charge in [-0.25, -0.2) is 37.2 Å². The van der Waals surface area contributed by atoms with Crippen LogP contribution in [-0.4, -0.2) is 126 Å². The summed E-state index contributed by atoms with van der Waals surface area (Å²) < 4.78 is 61.1. The van der Waals surface area contributed by atoms with Crippen LogP contribution < -0.4 is 15.1 Å². The van der Waals surface area contributed by atoms with Crippen LogP contribution in [0.25, 0.3) is 39.0 Å². The number of alkyl halides is 1. The summed E-state index contributed by atoms with van der Waals surface area (Å²) in [6, 6.07) is 6.98. The fourth-order valence-corrected chi connectivity index (χ4v) is 9.19. The number of likely N-dealkylation sites (N-methyl/N-ethyl adjacent to an activating group) is 1. The molecule has 6 bridgehead atoms. The molecular weight excluding hydrogens is 743 g/mol. The van der Waals surface area contributed by atoms with Crippen molar-refractivity contribution in [3.63, 3.8) is 0 Å². The predicted molar refractivity (Wildman–Crippen MR) is 205 cm³/mol. The number of aryl methyl sites for hydroxylation is 2. The molecule has 294 valence electrons. The number of hydrogen-bond acceptors (Lipinski definition) is 11. The number of nitrogens with zero attached hydrogens (tertiary/aromatic N) is 12. The third kappa shape index (κ3) is 5.99. The maximum Gasteiger partial charge on any atom is 0.245 e. The molecule has 0 radical (unpaired) electrons. The Bertz CT molecular complexity index is 2550. The quantitative estimate of drug-likeness (QED) is 0.249. The number of piperazine rings is 1. The van der Waals surface area contributed by atoms with E-state index in [9.17, 15) is 13.6 Å². The van der Waals surface area contributed by atoms with E-state index in [0.717, 1.165) is 29.9 Å². The molecule has 0 spiro atoms. The predicted octanol–water partition coefficient (Wildman–Crippen LogP) is 4.50. The van der Waals surface area contributed by atoms with E-state index < -0.39 is 30.2 Å². The molecule has 2 unspecified atom stereocenters. The number of fused-ring (bicyclic) bond motifs is 8. The summed E-state index contributed by atoms with van der Waals surface area (Å²) in [6.45, 7) is 4.36. The number of anilines is 3. The number of benzene rings is 2. The number of likely N-dealkylation sites (tertiary alicyclic amines) is 1. The average Bonchev–Trinajstić information content (AvgIpc) is 3.89. The largest absolute Gasteiger partial charge is 0.350 e. The molecule has 57 heavy (non-hydrogen) atoms. The highest BCUT2D eigenvalue weighted by Gasteiger charge is 2.47. The Labute approximate surface area is 324 Å². The van der Waals surface area contributed by atoms with Crippen molar-refractivity contribution in [1.82, 2.24) is 49.1 Å². The molecule has 0 aliphatic carbocycles. The first-order valence-corrected chi connectivity index (χ1v) is 19.2. The van der Waals surface area contributed by atoms with Gasteiger partial charge < -0.3 is 24.6 Å². The monoisotopic (exact) mass is 781 g/mol. The SMILES string of the molecule is Cc1nc2cc(F)cc3c2n1CCCN(C)C(=O)[C@@H]1C[C@@H](CN1c1nc(N2C4CC2CN(CCF)C4)nc2c1cnn2-c1ccc(F)cc1F)Nc1nccc-3n1. The summed E-state index contributed by atoms with van der Waals surface area (Å²) in [7, 11) is 1.78. The average molecular weight is 782 g/mol. The van der Waals surface area contributed by atoms with Gasteiger partial charge >= 0.3 is 0 Å². The minimum Gasteiger partial charge on any atom is -0.350 e. The normalized spacial score (nSPS) is 22.5. The van der Waals surface area contributed by atoms with Crippen LogP contribution in [0.4, 0.5) is 35.3 Å². The molecule has 10 rings (SSSR count). The van der Waals surface area contributed by atoms with Crippen molar-refractivity contribution in [3.8, 4) is 16.9 Å². The molecule has 4 aliphatic heterocycles. The van der Waals surface area contributed by atoms with Gasteiger partial charge in [-0.05, 0) is 50.5 Å². The van der Waals surface area contributed by atoms with Gasteiger partial charge in [-0.2, -0.15) is 15.1 Å². The molecule has 14 nitrogen and oxygen atoms in total. The van der Waals surface area contributed by atoms with Crippen LogP contribution in [0, 0.1) is 24.4 Å². The smallest absolute Gasteiger partial charge is 0.245 e. The molecule has 18 heteroatoms. The molecule has 4 atom stereocenters. The summed E-state index contributed by atoms with van der Waals surface area (Å²) in [4.78, 5) is 46.6. The Balaban J connectivity index is 1.08. The minimum absolute atomic E-state index is 0.0126. The van der Waals surface area contributed by atoms with Gasteiger partial charge in [0.2, 0.25) is 17.8 Å². The molecule has 4 aliphatic rings. The molecule has 1 amide bonds. The van der Waals surface area contributed by atoms with Crippen LogP contribution in [0.1, 0.15) is 25.1 Å². The maximum atomic E-state index is 15.3. The fraction of sp³-hybridized carbons (Fsp3) is 0.410. The van der Waals surface area contributed by atoms with Gasteiger partial charge in [-0.15, -0.1) is 0 Å². The number of amides is 1. The van der Waals surface area contributed by atoms with Crippen molar-refractivity contribution in [3.05, 3.63) is 72.1 Å². The molecule has 6 aromatic rings. The lowest BCUT2D eigenvalue weighted by atomic mass is 9.88. The number of halogens is 4. The van der Waals surface area contributed by atoms with Crippen LogP contribution in [-0.2, 0) is 11.3 Å². The Morgan fingerprint density at radius 1 is 0.930 bits per heavy atom. The Morgan fingerprint density at radius 3 is 2.58 bits per heavy atom. The molecule has 3 saturated heterocycles. The highest BCUT2D eigenvalue weighted by Crippen LogP contribution is 2.40. The van der Waals surface area contributed by atoms with Crippen LogP contribution in [0.3, 0.4) is 0 Å². The number of hydrogen-bond donors (Lipinski definition) is 1. The lowest BCUT2D eigenvalue weighted by Crippen LogP contribution is -2.69. The molecule has 0 saturated carbocycles. The second-order valence-electron chi connectivity index (χ2n) is 15.4. The van der Waals surface area contributed by atoms with Crippen LogP contribution >= 0.6 is 0 Å². The number of carbonyl (C=O) groups is 1. The standard InChI is InChI=1S/C39H39F4N13O/c1-21-46-31-14-23(42)12-27-30-6-8-44-38(48-30)47-24-15-33(37(57)51(2)9-3-10-53(21)34(27)31)54(18-24)35-28-17-45-56(32-5-4-22(41)13-29(32)43)36(28)50-39(49-35)55-25-16-26(55)20-52(19-25)11-7-40/h4-6,8,12-14,17,24-26,33H,3,7,9-11,15-16,18-20H2,1-2H3,(H,44,47,48)/t24-,25?,26?,33-/m0/s1. The highest BCUT2D eigenvalue weighted by atomic mass is 19.1. The van der Waals surface area contributed by atoms with Crippen molar-refractivity contribution in [2.45, 2.75) is 56.9 Å². The number of imidazole rings is 1.